The molecule has 2 rings (SSSR count). The van der Waals surface area contributed by atoms with Crippen LogP contribution in [0.1, 0.15) is 5.82 Å². The minimum Gasteiger partial charge on any atom is -0.312 e. The molecule has 15 heavy (non-hydrogen) atoms. The first-order chi connectivity index (χ1) is 7.16. The number of nitrogens with zero attached hydrogens (tertiary/aromatic N) is 3. The summed E-state index contributed by atoms with van der Waals surface area (Å²) in [5.74, 6) is 0.725. The fourth-order valence-corrected chi connectivity index (χ4v) is 2.85. The summed E-state index contributed by atoms with van der Waals surface area (Å²) < 4.78 is 5.23. The second-order valence-corrected chi connectivity index (χ2v) is 5.34. The highest BCUT2D eigenvalue weighted by Gasteiger charge is 2.09. The highest BCUT2D eigenvalue weighted by atomic mass is 79.9. The molecular formula is C7H5BrN4OS2. The monoisotopic (exact) mass is 304 g/mol. The summed E-state index contributed by atoms with van der Waals surface area (Å²) in [6, 6.07) is 0. The van der Waals surface area contributed by atoms with Crippen LogP contribution in [-0.2, 0) is 0 Å². The highest BCUT2D eigenvalue weighted by molar-refractivity contribution is 9.10. The Bertz CT molecular complexity index is 538. The van der Waals surface area contributed by atoms with Gasteiger partial charge in [0.25, 0.3) is 5.56 Å². The van der Waals surface area contributed by atoms with Gasteiger partial charge in [-0.3, -0.25) is 4.79 Å². The molecule has 0 radical (unpaired) electrons. The molecule has 78 valence electrons. The standard InChI is InChI=1S/C7H5BrN4OS2/c1-3-11-7(15-12-3)14-6-4(8)5(13)9-2-10-6/h2H,1H3,(H,9,10,13). The van der Waals surface area contributed by atoms with E-state index in [1.54, 1.807) is 0 Å². The fraction of sp³-hybridized carbons (Fsp3) is 0.143. The molecule has 0 aliphatic carbocycles. The Kier molecular flexibility index (Phi) is 3.17. The molecular weight excluding hydrogens is 300 g/mol. The highest BCUT2D eigenvalue weighted by Crippen LogP contribution is 2.30. The van der Waals surface area contributed by atoms with Crippen LogP contribution in [0.3, 0.4) is 0 Å². The van der Waals surface area contributed by atoms with Crippen molar-refractivity contribution >= 4 is 39.2 Å². The molecule has 0 spiro atoms. The summed E-state index contributed by atoms with van der Waals surface area (Å²) in [6.45, 7) is 1.82. The number of halogens is 1. The molecule has 0 saturated heterocycles. The van der Waals surface area contributed by atoms with Gasteiger partial charge in [0.1, 0.15) is 15.3 Å². The van der Waals surface area contributed by atoms with Gasteiger partial charge in [0, 0.05) is 0 Å². The Morgan fingerprint density at radius 3 is 3.07 bits per heavy atom. The number of nitrogens with one attached hydrogen (secondary N) is 1. The first-order valence-corrected chi connectivity index (χ1v) is 6.26. The molecule has 2 aromatic rings. The number of hydrogen-bond acceptors (Lipinski definition) is 6. The molecule has 8 heteroatoms. The van der Waals surface area contributed by atoms with Crippen LogP contribution >= 0.6 is 39.2 Å². The van der Waals surface area contributed by atoms with Gasteiger partial charge < -0.3 is 4.98 Å². The maximum Gasteiger partial charge on any atom is 0.266 e. The topological polar surface area (TPSA) is 71.5 Å². The molecule has 0 bridgehead atoms. The van der Waals surface area contributed by atoms with Crippen molar-refractivity contribution in [3.8, 4) is 0 Å². The molecule has 0 aliphatic rings. The molecule has 0 aromatic carbocycles. The summed E-state index contributed by atoms with van der Waals surface area (Å²) in [5, 5.41) is 0.593. The Morgan fingerprint density at radius 1 is 1.60 bits per heavy atom. The predicted octanol–water partition coefficient (Wildman–Crippen LogP) is 1.84. The second-order valence-electron chi connectivity index (χ2n) is 2.56. The third kappa shape index (κ3) is 2.44. The molecule has 0 atom stereocenters. The van der Waals surface area contributed by atoms with Crippen molar-refractivity contribution in [1.82, 2.24) is 19.3 Å². The average Bonchev–Trinajstić information content (AvgIpc) is 2.59. The van der Waals surface area contributed by atoms with Gasteiger partial charge in [-0.15, -0.1) is 0 Å². The van der Waals surface area contributed by atoms with E-state index in [1.165, 1.54) is 29.6 Å². The molecule has 2 aromatic heterocycles. The maximum atomic E-state index is 11.2. The summed E-state index contributed by atoms with van der Waals surface area (Å²) in [4.78, 5) is 21.9. The lowest BCUT2D eigenvalue weighted by Gasteiger charge is -1.97. The first-order valence-electron chi connectivity index (χ1n) is 3.88. The number of aromatic amines is 1. The van der Waals surface area contributed by atoms with Crippen molar-refractivity contribution in [3.63, 3.8) is 0 Å². The van der Waals surface area contributed by atoms with Gasteiger partial charge in [0.2, 0.25) is 0 Å². The molecule has 2 heterocycles. The fourth-order valence-electron chi connectivity index (χ4n) is 0.840. The molecule has 0 aliphatic heterocycles. The van der Waals surface area contributed by atoms with Crippen molar-refractivity contribution in [2.45, 2.75) is 16.3 Å². The maximum absolute atomic E-state index is 11.2. The lowest BCUT2D eigenvalue weighted by Crippen LogP contribution is -2.07. The third-order valence-electron chi connectivity index (χ3n) is 1.46. The summed E-state index contributed by atoms with van der Waals surface area (Å²) >= 11 is 5.78. The van der Waals surface area contributed by atoms with E-state index in [0.717, 1.165) is 10.2 Å². The van der Waals surface area contributed by atoms with Gasteiger partial charge in [-0.05, 0) is 46.1 Å². The smallest absolute Gasteiger partial charge is 0.266 e. The lowest BCUT2D eigenvalue weighted by atomic mass is 10.7. The third-order valence-corrected chi connectivity index (χ3v) is 4.30. The van der Waals surface area contributed by atoms with Crippen LogP contribution in [0, 0.1) is 6.92 Å². The van der Waals surface area contributed by atoms with Gasteiger partial charge >= 0.3 is 0 Å². The minimum atomic E-state index is -0.200. The number of aromatic nitrogens is 4. The Hall–Kier alpha value is -0.730. The number of rotatable bonds is 2. The largest absolute Gasteiger partial charge is 0.312 e. The van der Waals surface area contributed by atoms with E-state index >= 15 is 0 Å². The minimum absolute atomic E-state index is 0.200. The number of H-pyrrole nitrogens is 1. The average molecular weight is 305 g/mol. The summed E-state index contributed by atoms with van der Waals surface area (Å²) in [7, 11) is 0. The van der Waals surface area contributed by atoms with E-state index in [-0.39, 0.29) is 5.56 Å². The van der Waals surface area contributed by atoms with Crippen LogP contribution in [0.15, 0.2) is 25.0 Å². The van der Waals surface area contributed by atoms with Gasteiger partial charge in [0.05, 0.1) is 6.33 Å². The molecule has 0 saturated carbocycles. The zero-order valence-corrected chi connectivity index (χ0v) is 10.7. The van der Waals surface area contributed by atoms with Crippen molar-refractivity contribution in [3.05, 3.63) is 27.0 Å². The van der Waals surface area contributed by atoms with E-state index in [1.807, 2.05) is 6.92 Å². The molecule has 1 N–H and O–H groups in total. The molecule has 0 amide bonds. The Balaban J connectivity index is 2.32. The Labute approximate surface area is 102 Å². The SMILES string of the molecule is Cc1nsc(Sc2nc[nH]c(=O)c2Br)n1. The van der Waals surface area contributed by atoms with Crippen LogP contribution in [0.2, 0.25) is 0 Å². The van der Waals surface area contributed by atoms with Crippen LogP contribution in [0.4, 0.5) is 0 Å². The lowest BCUT2D eigenvalue weighted by molar-refractivity contribution is 0.987. The van der Waals surface area contributed by atoms with Crippen LogP contribution < -0.4 is 5.56 Å². The zero-order chi connectivity index (χ0) is 10.8. The van der Waals surface area contributed by atoms with Crippen molar-refractivity contribution < 1.29 is 0 Å². The quantitative estimate of drug-likeness (QED) is 0.857. The molecule has 0 unspecified atom stereocenters. The van der Waals surface area contributed by atoms with E-state index in [4.69, 9.17) is 0 Å². The van der Waals surface area contributed by atoms with E-state index < -0.39 is 0 Å². The van der Waals surface area contributed by atoms with E-state index in [2.05, 4.69) is 35.3 Å². The normalized spacial score (nSPS) is 10.5. The number of hydrogen-bond donors (Lipinski definition) is 1. The molecule has 5 nitrogen and oxygen atoms in total. The van der Waals surface area contributed by atoms with E-state index in [9.17, 15) is 4.79 Å². The summed E-state index contributed by atoms with van der Waals surface area (Å²) in [6.07, 6.45) is 1.36. The van der Waals surface area contributed by atoms with Gasteiger partial charge in [-0.25, -0.2) is 9.97 Å². The first kappa shape index (κ1) is 10.8. The van der Waals surface area contributed by atoms with Gasteiger partial charge in [0.15, 0.2) is 4.34 Å². The van der Waals surface area contributed by atoms with Crippen LogP contribution in [0.5, 0.6) is 0 Å². The summed E-state index contributed by atoms with van der Waals surface area (Å²) in [5.41, 5.74) is -0.200. The van der Waals surface area contributed by atoms with Crippen LogP contribution in [0.25, 0.3) is 0 Å². The Morgan fingerprint density at radius 2 is 2.40 bits per heavy atom. The van der Waals surface area contributed by atoms with Crippen molar-refractivity contribution in [2.24, 2.45) is 0 Å². The van der Waals surface area contributed by atoms with Crippen LogP contribution in [-0.4, -0.2) is 19.3 Å². The molecule has 0 fully saturated rings. The van der Waals surface area contributed by atoms with Gasteiger partial charge in [-0.2, -0.15) is 4.37 Å². The van der Waals surface area contributed by atoms with E-state index in [0.29, 0.717) is 9.50 Å². The van der Waals surface area contributed by atoms with Gasteiger partial charge in [-0.1, -0.05) is 0 Å². The van der Waals surface area contributed by atoms with Crippen molar-refractivity contribution in [2.75, 3.05) is 0 Å². The second kappa shape index (κ2) is 4.42. The number of aryl methyl sites for hydroxylation is 1. The zero-order valence-electron chi connectivity index (χ0n) is 7.52. The predicted molar refractivity (Wildman–Crippen MR) is 61.3 cm³/mol. The van der Waals surface area contributed by atoms with Crippen molar-refractivity contribution in [1.29, 1.82) is 0 Å².